The normalized spacial score (nSPS) is 20.1. The Kier molecular flexibility index (Phi) is 7.37. The number of fused-ring (bicyclic) bond motifs is 3. The zero-order chi connectivity index (χ0) is 27.1. The third kappa shape index (κ3) is 5.66. The summed E-state index contributed by atoms with van der Waals surface area (Å²) in [6, 6.07) is 0.945. The number of benzene rings is 1. The lowest BCUT2D eigenvalue weighted by Gasteiger charge is -2.33. The van der Waals surface area contributed by atoms with Crippen LogP contribution in [0.5, 0.6) is 0 Å². The van der Waals surface area contributed by atoms with Crippen LogP contribution in [0.4, 0.5) is 36.8 Å². The molecule has 0 radical (unpaired) electrons. The molecule has 0 saturated carbocycles. The van der Waals surface area contributed by atoms with Crippen molar-refractivity contribution in [2.75, 3.05) is 25.6 Å². The fourth-order valence-corrected chi connectivity index (χ4v) is 4.27. The second kappa shape index (κ2) is 10.2. The smallest absolute Gasteiger partial charge is 0.373 e. The van der Waals surface area contributed by atoms with E-state index in [9.17, 15) is 35.9 Å². The number of alkyl halides is 5. The molecule has 1 aromatic carbocycles. The van der Waals surface area contributed by atoms with Gasteiger partial charge in [0, 0.05) is 30.8 Å². The van der Waals surface area contributed by atoms with Crippen LogP contribution in [0, 0.1) is 5.82 Å². The number of anilines is 1. The molecule has 0 aliphatic carbocycles. The summed E-state index contributed by atoms with van der Waals surface area (Å²) >= 11 is 0. The van der Waals surface area contributed by atoms with Gasteiger partial charge in [-0.25, -0.2) is 23.0 Å². The van der Waals surface area contributed by atoms with Crippen molar-refractivity contribution in [1.82, 2.24) is 19.7 Å². The number of amides is 3. The quantitative estimate of drug-likeness (QED) is 0.591. The minimum Gasteiger partial charge on any atom is -0.373 e. The van der Waals surface area contributed by atoms with E-state index in [1.54, 1.807) is 6.92 Å². The SMILES string of the molecule is CC1Cc2nn3c(c2CN1C(=O)Nc1ccc(F)c(C(F)(F)F)c1)C(=O)N(C)OC(COCC(F)F)C3. The highest BCUT2D eigenvalue weighted by Gasteiger charge is 2.38. The van der Waals surface area contributed by atoms with Crippen molar-refractivity contribution in [3.05, 3.63) is 46.5 Å². The number of halogens is 6. The van der Waals surface area contributed by atoms with E-state index in [0.717, 1.165) is 11.1 Å². The Morgan fingerprint density at radius 1 is 1.32 bits per heavy atom. The van der Waals surface area contributed by atoms with Gasteiger partial charge in [-0.1, -0.05) is 0 Å². The molecule has 202 valence electrons. The number of rotatable bonds is 5. The van der Waals surface area contributed by atoms with Crippen molar-refractivity contribution in [2.45, 2.75) is 51.2 Å². The molecule has 2 unspecified atom stereocenters. The second-order valence-corrected chi connectivity index (χ2v) is 8.72. The van der Waals surface area contributed by atoms with E-state index < -0.39 is 54.7 Å². The lowest BCUT2D eigenvalue weighted by atomic mass is 9.99. The molecule has 2 aliphatic rings. The summed E-state index contributed by atoms with van der Waals surface area (Å²) in [5, 5.41) is 7.76. The molecule has 3 heterocycles. The summed E-state index contributed by atoms with van der Waals surface area (Å²) in [4.78, 5) is 32.8. The summed E-state index contributed by atoms with van der Waals surface area (Å²) in [6.45, 7) is 0.639. The molecule has 9 nitrogen and oxygen atoms in total. The molecule has 0 fully saturated rings. The van der Waals surface area contributed by atoms with Crippen molar-refractivity contribution in [3.8, 4) is 0 Å². The fraction of sp³-hybridized carbons (Fsp3) is 0.500. The third-order valence-corrected chi connectivity index (χ3v) is 5.99. The number of ether oxygens (including phenoxy) is 1. The fourth-order valence-electron chi connectivity index (χ4n) is 4.27. The van der Waals surface area contributed by atoms with Gasteiger partial charge in [-0.2, -0.15) is 18.3 Å². The average Bonchev–Trinajstić information content (AvgIpc) is 3.08. The maximum atomic E-state index is 13.6. The predicted molar refractivity (Wildman–Crippen MR) is 115 cm³/mol. The maximum Gasteiger partial charge on any atom is 0.419 e. The summed E-state index contributed by atoms with van der Waals surface area (Å²) in [5.41, 5.74) is -0.649. The van der Waals surface area contributed by atoms with Crippen molar-refractivity contribution in [2.24, 2.45) is 0 Å². The lowest BCUT2D eigenvalue weighted by Crippen LogP contribution is -2.45. The molecule has 37 heavy (non-hydrogen) atoms. The van der Waals surface area contributed by atoms with Crippen LogP contribution >= 0.6 is 0 Å². The number of aromatic nitrogens is 2. The Hall–Kier alpha value is -3.33. The van der Waals surface area contributed by atoms with Crippen LogP contribution in [-0.4, -0.2) is 70.5 Å². The molecule has 15 heteroatoms. The molecule has 1 aromatic heterocycles. The molecule has 2 aromatic rings. The number of carbonyl (C=O) groups excluding carboxylic acids is 2. The Balaban J connectivity index is 1.55. The van der Waals surface area contributed by atoms with Gasteiger partial charge in [0.15, 0.2) is 0 Å². The summed E-state index contributed by atoms with van der Waals surface area (Å²) < 4.78 is 83.9. The first-order valence-corrected chi connectivity index (χ1v) is 11.2. The molecule has 3 amide bonds. The monoisotopic (exact) mass is 535 g/mol. The Labute approximate surface area is 206 Å². The third-order valence-electron chi connectivity index (χ3n) is 5.99. The Bertz CT molecular complexity index is 1190. The van der Waals surface area contributed by atoms with E-state index in [1.165, 1.54) is 16.6 Å². The summed E-state index contributed by atoms with van der Waals surface area (Å²) in [6.07, 6.45) is -8.14. The van der Waals surface area contributed by atoms with Crippen LogP contribution in [-0.2, 0) is 35.3 Å². The number of urea groups is 1. The highest BCUT2D eigenvalue weighted by atomic mass is 19.4. The van der Waals surface area contributed by atoms with Crippen LogP contribution in [0.1, 0.15) is 34.2 Å². The van der Waals surface area contributed by atoms with E-state index in [0.29, 0.717) is 23.4 Å². The molecular weight excluding hydrogens is 512 g/mol. The van der Waals surface area contributed by atoms with Crippen molar-refractivity contribution < 1.29 is 45.5 Å². The zero-order valence-electron chi connectivity index (χ0n) is 19.7. The lowest BCUT2D eigenvalue weighted by molar-refractivity contribution is -0.169. The molecule has 4 rings (SSSR count). The van der Waals surface area contributed by atoms with Crippen molar-refractivity contribution >= 4 is 17.6 Å². The van der Waals surface area contributed by atoms with E-state index in [1.807, 2.05) is 0 Å². The summed E-state index contributed by atoms with van der Waals surface area (Å²) in [5.74, 6) is -2.04. The van der Waals surface area contributed by atoms with Gasteiger partial charge in [-0.05, 0) is 25.1 Å². The van der Waals surface area contributed by atoms with Gasteiger partial charge >= 0.3 is 12.2 Å². The summed E-state index contributed by atoms with van der Waals surface area (Å²) in [7, 11) is 1.35. The Morgan fingerprint density at radius 3 is 2.73 bits per heavy atom. The van der Waals surface area contributed by atoms with E-state index in [4.69, 9.17) is 9.57 Å². The van der Waals surface area contributed by atoms with Gasteiger partial charge in [0.05, 0.1) is 31.0 Å². The number of hydroxylamine groups is 2. The minimum atomic E-state index is -4.94. The number of hydrogen-bond acceptors (Lipinski definition) is 5. The highest BCUT2D eigenvalue weighted by molar-refractivity contribution is 5.94. The average molecular weight is 535 g/mol. The Morgan fingerprint density at radius 2 is 2.05 bits per heavy atom. The molecule has 0 spiro atoms. The van der Waals surface area contributed by atoms with Gasteiger partial charge in [-0.15, -0.1) is 0 Å². The maximum absolute atomic E-state index is 13.6. The minimum absolute atomic E-state index is 0.0258. The molecule has 0 bridgehead atoms. The predicted octanol–water partition coefficient (Wildman–Crippen LogP) is 3.69. The van der Waals surface area contributed by atoms with E-state index in [2.05, 4.69) is 10.4 Å². The highest BCUT2D eigenvalue weighted by Crippen LogP contribution is 2.34. The standard InChI is InChI=1S/C22H23F6N5O4/c1-11-5-17-14(8-32(11)21(35)29-12-3-4-16(23)15(6-12)22(26,27)28)19-20(34)31(2)37-13(7-33(19)30-17)9-36-10-18(24)25/h3-4,6,11,13,18H,5,7-10H2,1-2H3,(H,29,35). The number of nitrogens with zero attached hydrogens (tertiary/aromatic N) is 4. The molecular formula is C22H23F6N5O4. The largest absolute Gasteiger partial charge is 0.419 e. The zero-order valence-corrected chi connectivity index (χ0v) is 19.7. The van der Waals surface area contributed by atoms with Gasteiger partial charge in [0.2, 0.25) is 0 Å². The van der Waals surface area contributed by atoms with Crippen molar-refractivity contribution in [3.63, 3.8) is 0 Å². The van der Waals surface area contributed by atoms with Crippen molar-refractivity contribution in [1.29, 1.82) is 0 Å². The number of nitrogens with one attached hydrogen (secondary N) is 1. The first-order valence-electron chi connectivity index (χ1n) is 11.2. The van der Waals surface area contributed by atoms with Gasteiger partial charge in [0.25, 0.3) is 12.3 Å². The van der Waals surface area contributed by atoms with Crippen LogP contribution in [0.3, 0.4) is 0 Å². The van der Waals surface area contributed by atoms with Crippen LogP contribution in [0.15, 0.2) is 18.2 Å². The van der Waals surface area contributed by atoms with Gasteiger partial charge in [0.1, 0.15) is 24.2 Å². The number of carbonyl (C=O) groups is 2. The molecule has 0 saturated heterocycles. The van der Waals surface area contributed by atoms with Gasteiger partial charge in [-0.3, -0.25) is 14.3 Å². The molecule has 2 aliphatic heterocycles. The topological polar surface area (TPSA) is 88.9 Å². The second-order valence-electron chi connectivity index (χ2n) is 8.72. The van der Waals surface area contributed by atoms with E-state index >= 15 is 0 Å². The van der Waals surface area contributed by atoms with Gasteiger partial charge < -0.3 is 15.0 Å². The first kappa shape index (κ1) is 26.7. The molecule has 2 atom stereocenters. The number of hydrogen-bond donors (Lipinski definition) is 1. The van der Waals surface area contributed by atoms with Crippen LogP contribution in [0.2, 0.25) is 0 Å². The first-order chi connectivity index (χ1) is 17.3. The van der Waals surface area contributed by atoms with E-state index in [-0.39, 0.29) is 37.5 Å². The molecule has 1 N–H and O–H groups in total. The van der Waals surface area contributed by atoms with Crippen LogP contribution in [0.25, 0.3) is 0 Å². The van der Waals surface area contributed by atoms with Crippen LogP contribution < -0.4 is 5.32 Å².